The Morgan fingerprint density at radius 1 is 0.960 bits per heavy atom. The first kappa shape index (κ1) is 17.2. The lowest BCUT2D eigenvalue weighted by atomic mass is 10.0. The Bertz CT molecular complexity index is 782. The van der Waals surface area contributed by atoms with E-state index in [9.17, 15) is 4.79 Å². The molecule has 25 heavy (non-hydrogen) atoms. The number of carbonyl (C=O) groups excluding carboxylic acids is 1. The van der Waals surface area contributed by atoms with Gasteiger partial charge in [0.05, 0.1) is 11.0 Å². The molecule has 0 fully saturated rings. The van der Waals surface area contributed by atoms with Crippen LogP contribution in [-0.4, -0.2) is 16.6 Å². The summed E-state index contributed by atoms with van der Waals surface area (Å²) in [5, 5.41) is 3.02. The van der Waals surface area contributed by atoms with E-state index in [0.717, 1.165) is 5.56 Å². The summed E-state index contributed by atoms with van der Waals surface area (Å²) < 4.78 is 0. The summed E-state index contributed by atoms with van der Waals surface area (Å²) in [6.45, 7) is 1.94. The van der Waals surface area contributed by atoms with Crippen molar-refractivity contribution in [3.8, 4) is 0 Å². The molecule has 0 bridgehead atoms. The van der Waals surface area contributed by atoms with E-state index in [1.54, 1.807) is 18.0 Å². The van der Waals surface area contributed by atoms with Crippen molar-refractivity contribution < 1.29 is 4.79 Å². The molecule has 3 nitrogen and oxygen atoms in total. The summed E-state index contributed by atoms with van der Waals surface area (Å²) in [6, 6.07) is 24.3. The normalized spacial score (nSPS) is 10.6. The first-order valence-corrected chi connectivity index (χ1v) is 9.22. The van der Waals surface area contributed by atoms with Crippen LogP contribution in [0.15, 0.2) is 79.0 Å². The van der Waals surface area contributed by atoms with Crippen LogP contribution in [0.1, 0.15) is 21.9 Å². The second kappa shape index (κ2) is 8.49. The number of pyridine rings is 1. The van der Waals surface area contributed by atoms with Gasteiger partial charge in [0.15, 0.2) is 0 Å². The fourth-order valence-corrected chi connectivity index (χ4v) is 3.67. The molecule has 0 aliphatic carbocycles. The number of nitrogens with zero attached hydrogens (tertiary/aromatic N) is 1. The Balaban J connectivity index is 1.71. The van der Waals surface area contributed by atoms with E-state index < -0.39 is 0 Å². The third kappa shape index (κ3) is 4.70. The quantitative estimate of drug-likeness (QED) is 0.692. The van der Waals surface area contributed by atoms with Crippen molar-refractivity contribution >= 4 is 23.5 Å². The average Bonchev–Trinajstić information content (AvgIpc) is 2.66. The summed E-state index contributed by atoms with van der Waals surface area (Å²) in [5.74, 6) is 0.956. The lowest BCUT2D eigenvalue weighted by Gasteiger charge is -2.17. The molecule has 4 heteroatoms. The molecule has 3 aromatic rings. The number of aryl methyl sites for hydroxylation is 1. The number of amides is 1. The third-order valence-corrected chi connectivity index (χ3v) is 5.16. The Labute approximate surface area is 152 Å². The topological polar surface area (TPSA) is 42.0 Å². The number of thioether (sulfide) groups is 1. The van der Waals surface area contributed by atoms with Gasteiger partial charge in [-0.15, -0.1) is 11.8 Å². The Kier molecular flexibility index (Phi) is 5.86. The molecule has 0 atom stereocenters. The molecule has 0 saturated heterocycles. The highest BCUT2D eigenvalue weighted by atomic mass is 32.2. The fourth-order valence-electron chi connectivity index (χ4n) is 2.58. The molecular weight excluding hydrogens is 328 g/mol. The van der Waals surface area contributed by atoms with Crippen LogP contribution in [0.3, 0.4) is 0 Å². The number of benzene rings is 2. The van der Waals surface area contributed by atoms with E-state index in [2.05, 4.69) is 34.6 Å². The van der Waals surface area contributed by atoms with E-state index in [1.807, 2.05) is 55.5 Å². The molecule has 0 unspecified atom stereocenters. The van der Waals surface area contributed by atoms with Gasteiger partial charge in [0, 0.05) is 6.20 Å². The van der Waals surface area contributed by atoms with Crippen LogP contribution in [0.2, 0.25) is 0 Å². The molecule has 0 saturated carbocycles. The Morgan fingerprint density at radius 3 is 2.12 bits per heavy atom. The fraction of sp³-hybridized carbons (Fsp3) is 0.143. The minimum absolute atomic E-state index is 0.0383. The van der Waals surface area contributed by atoms with Crippen LogP contribution in [0.4, 0.5) is 5.82 Å². The highest BCUT2D eigenvalue weighted by Gasteiger charge is 2.16. The standard InChI is InChI=1S/C21H20N2OS/c1-16-9-8-14-22-21(16)23-19(24)15-25-20(17-10-4-2-5-11-17)18-12-6-3-7-13-18/h2-14,20H,15H2,1H3,(H,22,23,24). The molecule has 0 aliphatic heterocycles. The number of rotatable bonds is 6. The highest BCUT2D eigenvalue weighted by molar-refractivity contribution is 8.00. The molecule has 1 N–H and O–H groups in total. The van der Waals surface area contributed by atoms with Crippen LogP contribution in [-0.2, 0) is 4.79 Å². The maximum atomic E-state index is 12.4. The van der Waals surface area contributed by atoms with Crippen molar-refractivity contribution in [3.63, 3.8) is 0 Å². The predicted octanol–water partition coefficient (Wildman–Crippen LogP) is 4.85. The molecule has 126 valence electrons. The van der Waals surface area contributed by atoms with Gasteiger partial charge in [0.25, 0.3) is 0 Å². The maximum absolute atomic E-state index is 12.4. The van der Waals surface area contributed by atoms with E-state index in [4.69, 9.17) is 0 Å². The van der Waals surface area contributed by atoms with Crippen LogP contribution in [0.5, 0.6) is 0 Å². The minimum atomic E-state index is -0.0383. The van der Waals surface area contributed by atoms with Crippen molar-refractivity contribution in [1.29, 1.82) is 0 Å². The third-order valence-electron chi connectivity index (χ3n) is 3.85. The maximum Gasteiger partial charge on any atom is 0.235 e. The molecule has 1 amide bonds. The van der Waals surface area contributed by atoms with Crippen molar-refractivity contribution in [3.05, 3.63) is 95.7 Å². The number of anilines is 1. The Morgan fingerprint density at radius 2 is 1.56 bits per heavy atom. The smallest absolute Gasteiger partial charge is 0.235 e. The Hall–Kier alpha value is -2.59. The van der Waals surface area contributed by atoms with Crippen LogP contribution >= 0.6 is 11.8 Å². The number of nitrogens with one attached hydrogen (secondary N) is 1. The van der Waals surface area contributed by atoms with Crippen LogP contribution in [0, 0.1) is 6.92 Å². The predicted molar refractivity (Wildman–Crippen MR) is 105 cm³/mol. The lowest BCUT2D eigenvalue weighted by molar-refractivity contribution is -0.113. The molecule has 0 radical (unpaired) electrons. The molecule has 0 aliphatic rings. The average molecular weight is 348 g/mol. The van der Waals surface area contributed by atoms with Gasteiger partial charge < -0.3 is 5.32 Å². The minimum Gasteiger partial charge on any atom is -0.310 e. The van der Waals surface area contributed by atoms with Gasteiger partial charge in [-0.25, -0.2) is 4.98 Å². The van der Waals surface area contributed by atoms with Crippen molar-refractivity contribution in [2.75, 3.05) is 11.1 Å². The van der Waals surface area contributed by atoms with Gasteiger partial charge in [0.1, 0.15) is 5.82 Å². The summed E-state index contributed by atoms with van der Waals surface area (Å²) in [7, 11) is 0. The van der Waals surface area contributed by atoms with Gasteiger partial charge in [-0.3, -0.25) is 4.79 Å². The number of hydrogen-bond acceptors (Lipinski definition) is 3. The van der Waals surface area contributed by atoms with Gasteiger partial charge >= 0.3 is 0 Å². The van der Waals surface area contributed by atoms with E-state index >= 15 is 0 Å². The SMILES string of the molecule is Cc1cccnc1NC(=O)CSC(c1ccccc1)c1ccccc1. The summed E-state index contributed by atoms with van der Waals surface area (Å²) in [4.78, 5) is 16.6. The molecule has 0 spiro atoms. The largest absolute Gasteiger partial charge is 0.310 e. The van der Waals surface area contributed by atoms with Crippen molar-refractivity contribution in [2.45, 2.75) is 12.2 Å². The van der Waals surface area contributed by atoms with E-state index in [1.165, 1.54) is 11.1 Å². The number of aromatic nitrogens is 1. The summed E-state index contributed by atoms with van der Waals surface area (Å²) >= 11 is 1.62. The molecular formula is C21H20N2OS. The van der Waals surface area contributed by atoms with Gasteiger partial charge in [-0.05, 0) is 29.7 Å². The lowest BCUT2D eigenvalue weighted by Crippen LogP contribution is -2.17. The molecule has 2 aromatic carbocycles. The van der Waals surface area contributed by atoms with E-state index in [-0.39, 0.29) is 11.2 Å². The first-order chi connectivity index (χ1) is 12.2. The van der Waals surface area contributed by atoms with Crippen LogP contribution < -0.4 is 5.32 Å². The molecule has 1 heterocycles. The van der Waals surface area contributed by atoms with Crippen molar-refractivity contribution in [2.24, 2.45) is 0 Å². The highest BCUT2D eigenvalue weighted by Crippen LogP contribution is 2.35. The zero-order chi connectivity index (χ0) is 17.5. The monoisotopic (exact) mass is 348 g/mol. The van der Waals surface area contributed by atoms with Crippen molar-refractivity contribution in [1.82, 2.24) is 4.98 Å². The van der Waals surface area contributed by atoms with Crippen LogP contribution in [0.25, 0.3) is 0 Å². The zero-order valence-electron chi connectivity index (χ0n) is 14.1. The first-order valence-electron chi connectivity index (χ1n) is 8.17. The van der Waals surface area contributed by atoms with Gasteiger partial charge in [-0.2, -0.15) is 0 Å². The molecule has 3 rings (SSSR count). The van der Waals surface area contributed by atoms with Gasteiger partial charge in [-0.1, -0.05) is 66.7 Å². The van der Waals surface area contributed by atoms with Gasteiger partial charge in [0.2, 0.25) is 5.91 Å². The summed E-state index contributed by atoms with van der Waals surface area (Å²) in [5.41, 5.74) is 3.35. The second-order valence-corrected chi connectivity index (χ2v) is 6.82. The second-order valence-electron chi connectivity index (χ2n) is 5.73. The molecule has 1 aromatic heterocycles. The zero-order valence-corrected chi connectivity index (χ0v) is 14.9. The summed E-state index contributed by atoms with van der Waals surface area (Å²) in [6.07, 6.45) is 1.69. The number of carbonyl (C=O) groups is 1. The van der Waals surface area contributed by atoms with E-state index in [0.29, 0.717) is 11.6 Å². The number of hydrogen-bond donors (Lipinski definition) is 1.